The van der Waals surface area contributed by atoms with E-state index in [0.717, 1.165) is 22.6 Å². The van der Waals surface area contributed by atoms with E-state index in [0.29, 0.717) is 14.4 Å². The van der Waals surface area contributed by atoms with E-state index in [1.165, 1.54) is 23.9 Å². The molecule has 0 saturated heterocycles. The number of nitrogens with one attached hydrogen (secondary N) is 2. The maximum Gasteiger partial charge on any atom is 0.269 e. The third-order valence-electron chi connectivity index (χ3n) is 5.08. The maximum absolute atomic E-state index is 12.6. The van der Waals surface area contributed by atoms with Crippen molar-refractivity contribution in [1.29, 1.82) is 0 Å². The molecule has 0 atom stereocenters. The SMILES string of the molecule is Cc1ccccc1NC(=O)CCSc1nnc(NC(=O)CCN2C(=O)c3ccccc3S2(=O)=O)s1. The van der Waals surface area contributed by atoms with Gasteiger partial charge in [0.2, 0.25) is 16.9 Å². The number of anilines is 2. The molecule has 0 fully saturated rings. The van der Waals surface area contributed by atoms with E-state index >= 15 is 0 Å². The van der Waals surface area contributed by atoms with Crippen molar-refractivity contribution in [3.05, 3.63) is 59.7 Å². The first-order valence-electron chi connectivity index (χ1n) is 10.5. The second-order valence-electron chi connectivity index (χ2n) is 7.51. The van der Waals surface area contributed by atoms with Crippen LogP contribution in [0, 0.1) is 6.92 Å². The Bertz CT molecular complexity index is 1390. The van der Waals surface area contributed by atoms with Crippen molar-refractivity contribution in [2.24, 2.45) is 0 Å². The van der Waals surface area contributed by atoms with Crippen LogP contribution in [0.2, 0.25) is 0 Å². The molecule has 0 aliphatic carbocycles. The van der Waals surface area contributed by atoms with Crippen molar-refractivity contribution in [1.82, 2.24) is 14.5 Å². The fourth-order valence-electron chi connectivity index (χ4n) is 3.31. The van der Waals surface area contributed by atoms with E-state index in [2.05, 4.69) is 20.8 Å². The van der Waals surface area contributed by atoms with Gasteiger partial charge in [-0.1, -0.05) is 53.4 Å². The summed E-state index contributed by atoms with van der Waals surface area (Å²) in [5.74, 6) is -0.766. The van der Waals surface area contributed by atoms with Crippen LogP contribution in [0.4, 0.5) is 10.8 Å². The second kappa shape index (κ2) is 10.5. The Labute approximate surface area is 210 Å². The third-order valence-corrected chi connectivity index (χ3v) is 8.89. The molecule has 3 aromatic rings. The lowest BCUT2D eigenvalue weighted by Gasteiger charge is -2.14. The van der Waals surface area contributed by atoms with Gasteiger partial charge < -0.3 is 10.6 Å². The van der Waals surface area contributed by atoms with Crippen LogP contribution < -0.4 is 10.6 Å². The summed E-state index contributed by atoms with van der Waals surface area (Å²) >= 11 is 2.48. The van der Waals surface area contributed by atoms with E-state index in [1.54, 1.807) is 12.1 Å². The predicted molar refractivity (Wildman–Crippen MR) is 133 cm³/mol. The number of para-hydroxylation sites is 1. The van der Waals surface area contributed by atoms with Crippen LogP contribution in [-0.4, -0.2) is 52.9 Å². The number of benzene rings is 2. The highest BCUT2D eigenvalue weighted by Crippen LogP contribution is 2.30. The number of sulfonamides is 1. The Hall–Kier alpha value is -3.29. The zero-order chi connectivity index (χ0) is 25.0. The molecule has 4 rings (SSSR count). The number of rotatable bonds is 9. The number of thioether (sulfide) groups is 1. The third kappa shape index (κ3) is 5.69. The summed E-state index contributed by atoms with van der Waals surface area (Å²) in [4.78, 5) is 36.8. The lowest BCUT2D eigenvalue weighted by Crippen LogP contribution is -2.33. The summed E-state index contributed by atoms with van der Waals surface area (Å²) in [6, 6.07) is 13.5. The average molecular weight is 532 g/mol. The van der Waals surface area contributed by atoms with Crippen molar-refractivity contribution in [3.8, 4) is 0 Å². The highest BCUT2D eigenvalue weighted by Gasteiger charge is 2.40. The first-order valence-corrected chi connectivity index (χ1v) is 13.8. The predicted octanol–water partition coefficient (Wildman–Crippen LogP) is 3.14. The van der Waals surface area contributed by atoms with Gasteiger partial charge in [0.15, 0.2) is 4.34 Å². The van der Waals surface area contributed by atoms with Gasteiger partial charge in [-0.25, -0.2) is 12.7 Å². The minimum absolute atomic E-state index is 0.0521. The molecule has 3 amide bonds. The molecule has 35 heavy (non-hydrogen) atoms. The summed E-state index contributed by atoms with van der Waals surface area (Å²) in [6.07, 6.45) is 0.0566. The molecular weight excluding hydrogens is 510 g/mol. The zero-order valence-corrected chi connectivity index (χ0v) is 21.0. The van der Waals surface area contributed by atoms with Crippen molar-refractivity contribution >= 4 is 61.7 Å². The summed E-state index contributed by atoms with van der Waals surface area (Å²) in [7, 11) is -3.96. The minimum Gasteiger partial charge on any atom is -0.326 e. The van der Waals surface area contributed by atoms with Crippen LogP contribution >= 0.6 is 23.1 Å². The molecule has 0 saturated carbocycles. The highest BCUT2D eigenvalue weighted by atomic mass is 32.2. The maximum atomic E-state index is 12.6. The average Bonchev–Trinajstić information content (AvgIpc) is 3.34. The Balaban J connectivity index is 1.23. The van der Waals surface area contributed by atoms with Crippen LogP contribution in [0.5, 0.6) is 0 Å². The first-order chi connectivity index (χ1) is 16.8. The van der Waals surface area contributed by atoms with Gasteiger partial charge in [-0.2, -0.15) is 0 Å². The van der Waals surface area contributed by atoms with Gasteiger partial charge in [0.1, 0.15) is 4.90 Å². The Morgan fingerprint density at radius 2 is 1.71 bits per heavy atom. The van der Waals surface area contributed by atoms with Gasteiger partial charge in [0, 0.05) is 30.8 Å². The molecule has 182 valence electrons. The van der Waals surface area contributed by atoms with Crippen molar-refractivity contribution in [2.45, 2.75) is 29.0 Å². The van der Waals surface area contributed by atoms with Crippen LogP contribution in [0.3, 0.4) is 0 Å². The molecule has 0 unspecified atom stereocenters. The van der Waals surface area contributed by atoms with Crippen LogP contribution in [0.15, 0.2) is 57.8 Å². The Kier molecular flexibility index (Phi) is 7.48. The lowest BCUT2D eigenvalue weighted by molar-refractivity contribution is -0.116. The van der Waals surface area contributed by atoms with Crippen LogP contribution in [-0.2, 0) is 19.6 Å². The Morgan fingerprint density at radius 1 is 1.00 bits per heavy atom. The van der Waals surface area contributed by atoms with E-state index in [4.69, 9.17) is 0 Å². The van der Waals surface area contributed by atoms with Crippen molar-refractivity contribution < 1.29 is 22.8 Å². The largest absolute Gasteiger partial charge is 0.326 e. The zero-order valence-electron chi connectivity index (χ0n) is 18.6. The van der Waals surface area contributed by atoms with Gasteiger partial charge in [-0.15, -0.1) is 10.2 Å². The lowest BCUT2D eigenvalue weighted by atomic mass is 10.2. The van der Waals surface area contributed by atoms with Crippen LogP contribution in [0.25, 0.3) is 0 Å². The van der Waals surface area contributed by atoms with Gasteiger partial charge >= 0.3 is 0 Å². The molecule has 2 heterocycles. The van der Waals surface area contributed by atoms with E-state index < -0.39 is 21.8 Å². The molecule has 13 heteroatoms. The molecule has 2 aromatic carbocycles. The van der Waals surface area contributed by atoms with Gasteiger partial charge in [0.25, 0.3) is 15.9 Å². The number of hydrogen-bond acceptors (Lipinski definition) is 9. The second-order valence-corrected chi connectivity index (χ2v) is 11.7. The smallest absolute Gasteiger partial charge is 0.269 e. The molecule has 0 bridgehead atoms. The Morgan fingerprint density at radius 3 is 2.49 bits per heavy atom. The normalized spacial score (nSPS) is 14.0. The summed E-state index contributed by atoms with van der Waals surface area (Å²) < 4.78 is 26.4. The fourth-order valence-corrected chi connectivity index (χ4v) is 6.66. The standard InChI is InChI=1S/C22H21N5O5S3/c1-14-6-2-4-8-16(14)23-19(29)11-13-33-22-26-25-21(34-22)24-18(28)10-12-27-20(30)15-7-3-5-9-17(15)35(27,31)32/h2-9H,10-13H2,1H3,(H,23,29)(H,24,25,28). The molecule has 2 N–H and O–H groups in total. The minimum atomic E-state index is -3.96. The van der Waals surface area contributed by atoms with Crippen molar-refractivity contribution in [2.75, 3.05) is 22.9 Å². The van der Waals surface area contributed by atoms with E-state index in [1.807, 2.05) is 31.2 Å². The monoisotopic (exact) mass is 531 g/mol. The number of carbonyl (C=O) groups excluding carboxylic acids is 3. The van der Waals surface area contributed by atoms with Gasteiger partial charge in [-0.3, -0.25) is 14.4 Å². The van der Waals surface area contributed by atoms with Gasteiger partial charge in [-0.05, 0) is 30.7 Å². The number of fused-ring (bicyclic) bond motifs is 1. The molecular formula is C22H21N5O5S3. The summed E-state index contributed by atoms with van der Waals surface area (Å²) in [5, 5.41) is 13.6. The van der Waals surface area contributed by atoms with Crippen LogP contribution in [0.1, 0.15) is 28.8 Å². The molecule has 10 nitrogen and oxygen atoms in total. The number of aromatic nitrogens is 2. The molecule has 1 aromatic heterocycles. The molecule has 1 aliphatic heterocycles. The van der Waals surface area contributed by atoms with E-state index in [9.17, 15) is 22.8 Å². The quantitative estimate of drug-likeness (QED) is 0.317. The number of amides is 3. The summed E-state index contributed by atoms with van der Waals surface area (Å²) in [5.41, 5.74) is 1.86. The number of carbonyl (C=O) groups is 3. The molecule has 0 spiro atoms. The number of aryl methyl sites for hydroxylation is 1. The first kappa shape index (κ1) is 24.8. The molecule has 1 aliphatic rings. The highest BCUT2D eigenvalue weighted by molar-refractivity contribution is 8.01. The van der Waals surface area contributed by atoms with Gasteiger partial charge in [0.05, 0.1) is 5.56 Å². The van der Waals surface area contributed by atoms with Crippen molar-refractivity contribution in [3.63, 3.8) is 0 Å². The topological polar surface area (TPSA) is 138 Å². The van der Waals surface area contributed by atoms with E-state index in [-0.39, 0.29) is 40.9 Å². The molecule has 0 radical (unpaired) electrons. The fraction of sp³-hybridized carbons (Fsp3) is 0.227. The summed E-state index contributed by atoms with van der Waals surface area (Å²) in [6.45, 7) is 1.64. The number of nitrogens with zero attached hydrogens (tertiary/aromatic N) is 3. The number of hydrogen-bond donors (Lipinski definition) is 2.